The molecule has 1 aliphatic heterocycles. The second-order valence-corrected chi connectivity index (χ2v) is 6.74. The number of sulfonamides is 1. The molecule has 1 fully saturated rings. The Bertz CT molecular complexity index is 559. The molecule has 19 heavy (non-hydrogen) atoms. The molecule has 2 rings (SSSR count). The SMILES string of the molecule is Cc1ccc(F)c(S(=O)(=O)N2CCCCC2CO)c1. The van der Waals surface area contributed by atoms with Crippen LogP contribution in [0.15, 0.2) is 23.1 Å². The van der Waals surface area contributed by atoms with Crippen LogP contribution in [0.5, 0.6) is 0 Å². The lowest BCUT2D eigenvalue weighted by Gasteiger charge is -2.33. The summed E-state index contributed by atoms with van der Waals surface area (Å²) in [6, 6.07) is 3.60. The summed E-state index contributed by atoms with van der Waals surface area (Å²) in [5, 5.41) is 9.30. The maximum atomic E-state index is 13.8. The Morgan fingerprint density at radius 1 is 1.42 bits per heavy atom. The summed E-state index contributed by atoms with van der Waals surface area (Å²) in [4.78, 5) is -0.298. The number of piperidine rings is 1. The average Bonchev–Trinajstić information content (AvgIpc) is 2.41. The summed E-state index contributed by atoms with van der Waals surface area (Å²) in [7, 11) is -3.88. The summed E-state index contributed by atoms with van der Waals surface area (Å²) >= 11 is 0. The number of benzene rings is 1. The number of rotatable bonds is 3. The molecule has 106 valence electrons. The average molecular weight is 287 g/mol. The fourth-order valence-electron chi connectivity index (χ4n) is 2.41. The number of nitrogens with zero attached hydrogens (tertiary/aromatic N) is 1. The van der Waals surface area contributed by atoms with E-state index in [0.29, 0.717) is 18.5 Å². The van der Waals surface area contributed by atoms with Gasteiger partial charge in [0.25, 0.3) is 0 Å². The largest absolute Gasteiger partial charge is 0.395 e. The molecular formula is C13H18FNO3S. The Morgan fingerprint density at radius 3 is 2.84 bits per heavy atom. The summed E-state index contributed by atoms with van der Waals surface area (Å²) < 4.78 is 40.0. The Balaban J connectivity index is 2.43. The van der Waals surface area contributed by atoms with E-state index in [0.717, 1.165) is 12.8 Å². The third kappa shape index (κ3) is 2.80. The van der Waals surface area contributed by atoms with E-state index >= 15 is 0 Å². The van der Waals surface area contributed by atoms with Crippen molar-refractivity contribution in [2.24, 2.45) is 0 Å². The smallest absolute Gasteiger partial charge is 0.246 e. The van der Waals surface area contributed by atoms with Crippen LogP contribution in [0.3, 0.4) is 0 Å². The van der Waals surface area contributed by atoms with Crippen molar-refractivity contribution < 1.29 is 17.9 Å². The van der Waals surface area contributed by atoms with E-state index in [2.05, 4.69) is 0 Å². The van der Waals surface area contributed by atoms with Gasteiger partial charge in [0.15, 0.2) is 0 Å². The summed E-state index contributed by atoms with van der Waals surface area (Å²) in [6.07, 6.45) is 2.24. The molecule has 0 saturated carbocycles. The first-order valence-corrected chi connectivity index (χ1v) is 7.79. The Hall–Kier alpha value is -0.980. The van der Waals surface area contributed by atoms with Crippen molar-refractivity contribution in [1.82, 2.24) is 4.31 Å². The fraction of sp³-hybridized carbons (Fsp3) is 0.538. The highest BCUT2D eigenvalue weighted by Gasteiger charge is 2.34. The number of halogens is 1. The van der Waals surface area contributed by atoms with Gasteiger partial charge in [0.2, 0.25) is 10.0 Å². The predicted molar refractivity (Wildman–Crippen MR) is 69.8 cm³/mol. The zero-order chi connectivity index (χ0) is 14.0. The van der Waals surface area contributed by atoms with Crippen molar-refractivity contribution >= 4 is 10.0 Å². The van der Waals surface area contributed by atoms with Gasteiger partial charge in [-0.15, -0.1) is 0 Å². The van der Waals surface area contributed by atoms with E-state index in [4.69, 9.17) is 0 Å². The highest BCUT2D eigenvalue weighted by Crippen LogP contribution is 2.27. The second kappa shape index (κ2) is 5.56. The molecule has 0 amide bonds. The quantitative estimate of drug-likeness (QED) is 0.920. The van der Waals surface area contributed by atoms with E-state index in [1.54, 1.807) is 6.92 Å². The van der Waals surface area contributed by atoms with Crippen LogP contribution < -0.4 is 0 Å². The molecule has 1 N–H and O–H groups in total. The zero-order valence-corrected chi connectivity index (χ0v) is 11.7. The van der Waals surface area contributed by atoms with Crippen molar-refractivity contribution in [3.63, 3.8) is 0 Å². The summed E-state index contributed by atoms with van der Waals surface area (Å²) in [5.74, 6) is -0.743. The number of aliphatic hydroxyl groups is 1. The first-order chi connectivity index (χ1) is 8.96. The van der Waals surface area contributed by atoms with Crippen molar-refractivity contribution in [2.45, 2.75) is 37.1 Å². The van der Waals surface area contributed by atoms with E-state index in [9.17, 15) is 17.9 Å². The molecular weight excluding hydrogens is 269 g/mol. The van der Waals surface area contributed by atoms with Crippen molar-refractivity contribution in [1.29, 1.82) is 0 Å². The summed E-state index contributed by atoms with van der Waals surface area (Å²) in [5.41, 5.74) is 0.692. The van der Waals surface area contributed by atoms with Crippen molar-refractivity contribution in [3.05, 3.63) is 29.6 Å². The van der Waals surface area contributed by atoms with Crippen LogP contribution in [0.25, 0.3) is 0 Å². The molecule has 1 aliphatic rings. The standard InChI is InChI=1S/C13H18FNO3S/c1-10-5-6-12(14)13(8-10)19(17,18)15-7-3-2-4-11(15)9-16/h5-6,8,11,16H,2-4,7,9H2,1H3. The van der Waals surface area contributed by atoms with Crippen LogP contribution in [0.2, 0.25) is 0 Å². The van der Waals surface area contributed by atoms with Gasteiger partial charge in [-0.05, 0) is 37.5 Å². The first kappa shape index (κ1) is 14.4. The lowest BCUT2D eigenvalue weighted by Crippen LogP contribution is -2.45. The molecule has 1 aromatic rings. The Kier molecular flexibility index (Phi) is 4.23. The van der Waals surface area contributed by atoms with Crippen molar-refractivity contribution in [3.8, 4) is 0 Å². The zero-order valence-electron chi connectivity index (χ0n) is 10.8. The van der Waals surface area contributed by atoms with Gasteiger partial charge >= 0.3 is 0 Å². The maximum absolute atomic E-state index is 13.8. The fourth-order valence-corrected chi connectivity index (χ4v) is 4.24. The van der Waals surface area contributed by atoms with Crippen LogP contribution in [-0.4, -0.2) is 37.0 Å². The van der Waals surface area contributed by atoms with Crippen LogP contribution in [0.4, 0.5) is 4.39 Å². The van der Waals surface area contributed by atoms with Crippen LogP contribution >= 0.6 is 0 Å². The minimum atomic E-state index is -3.88. The van der Waals surface area contributed by atoms with E-state index in [1.807, 2.05) is 0 Å². The highest BCUT2D eigenvalue weighted by molar-refractivity contribution is 7.89. The number of hydrogen-bond acceptors (Lipinski definition) is 3. The van der Waals surface area contributed by atoms with Gasteiger partial charge in [-0.2, -0.15) is 4.31 Å². The molecule has 0 bridgehead atoms. The van der Waals surface area contributed by atoms with E-state index in [1.165, 1.54) is 22.5 Å². The summed E-state index contributed by atoms with van der Waals surface area (Å²) in [6.45, 7) is 1.83. The Labute approximate surface area is 112 Å². The van der Waals surface area contributed by atoms with Crippen molar-refractivity contribution in [2.75, 3.05) is 13.2 Å². The van der Waals surface area contributed by atoms with Gasteiger partial charge in [0, 0.05) is 12.6 Å². The Morgan fingerprint density at radius 2 is 2.16 bits per heavy atom. The molecule has 4 nitrogen and oxygen atoms in total. The number of aliphatic hydroxyl groups excluding tert-OH is 1. The van der Waals surface area contributed by atoms with Crippen LogP contribution in [0.1, 0.15) is 24.8 Å². The minimum absolute atomic E-state index is 0.229. The van der Waals surface area contributed by atoms with Gasteiger partial charge in [-0.3, -0.25) is 0 Å². The molecule has 1 unspecified atom stereocenters. The molecule has 1 aromatic carbocycles. The molecule has 0 spiro atoms. The molecule has 1 atom stereocenters. The van der Waals surface area contributed by atoms with Gasteiger partial charge in [-0.1, -0.05) is 12.5 Å². The molecule has 0 aliphatic carbocycles. The highest BCUT2D eigenvalue weighted by atomic mass is 32.2. The third-order valence-electron chi connectivity index (χ3n) is 3.46. The van der Waals surface area contributed by atoms with Gasteiger partial charge in [0.05, 0.1) is 6.61 Å². The van der Waals surface area contributed by atoms with Crippen LogP contribution in [-0.2, 0) is 10.0 Å². The monoisotopic (exact) mass is 287 g/mol. The third-order valence-corrected chi connectivity index (χ3v) is 5.42. The lowest BCUT2D eigenvalue weighted by atomic mass is 10.1. The van der Waals surface area contributed by atoms with Gasteiger partial charge in [0.1, 0.15) is 10.7 Å². The molecule has 1 heterocycles. The molecule has 0 aromatic heterocycles. The first-order valence-electron chi connectivity index (χ1n) is 6.35. The minimum Gasteiger partial charge on any atom is -0.395 e. The molecule has 1 saturated heterocycles. The molecule has 0 radical (unpaired) electrons. The number of aryl methyl sites for hydroxylation is 1. The van der Waals surface area contributed by atoms with Gasteiger partial charge < -0.3 is 5.11 Å². The van der Waals surface area contributed by atoms with E-state index < -0.39 is 21.9 Å². The number of hydrogen-bond donors (Lipinski definition) is 1. The van der Waals surface area contributed by atoms with Crippen LogP contribution in [0, 0.1) is 12.7 Å². The topological polar surface area (TPSA) is 57.6 Å². The normalized spacial score (nSPS) is 21.5. The van der Waals surface area contributed by atoms with E-state index in [-0.39, 0.29) is 11.5 Å². The predicted octanol–water partition coefficient (Wildman–Crippen LogP) is 1.67. The van der Waals surface area contributed by atoms with Gasteiger partial charge in [-0.25, -0.2) is 12.8 Å². The lowest BCUT2D eigenvalue weighted by molar-refractivity contribution is 0.155. The molecule has 6 heteroatoms. The maximum Gasteiger partial charge on any atom is 0.246 e. The second-order valence-electron chi connectivity index (χ2n) is 4.88.